The first-order valence-corrected chi connectivity index (χ1v) is 35.9. The number of aliphatic hydroxyl groups is 7. The Bertz CT molecular complexity index is 1280. The molecule has 484 valence electrons. The van der Waals surface area contributed by atoms with Crippen LogP contribution in [0.4, 0.5) is 0 Å². The summed E-state index contributed by atoms with van der Waals surface area (Å²) in [6.07, 6.45) is 60.5. The molecule has 0 spiro atoms. The van der Waals surface area contributed by atoms with Crippen LogP contribution in [0.3, 0.4) is 0 Å². The molecule has 9 unspecified atom stereocenters. The van der Waals surface area contributed by atoms with E-state index >= 15 is 0 Å². The van der Waals surface area contributed by atoms with E-state index in [0.29, 0.717) is 19.3 Å². The van der Waals surface area contributed by atoms with Crippen molar-refractivity contribution in [3.63, 3.8) is 0 Å². The zero-order valence-electron chi connectivity index (χ0n) is 53.6. The van der Waals surface area contributed by atoms with E-state index in [1.807, 2.05) is 0 Å². The molecule has 0 aromatic heterocycles. The number of nitrogens with one attached hydrogen (secondary N) is 1. The van der Waals surface area contributed by atoms with Crippen LogP contribution in [0.2, 0.25) is 0 Å². The van der Waals surface area contributed by atoms with Gasteiger partial charge in [0.05, 0.1) is 25.4 Å². The van der Waals surface area contributed by atoms with Gasteiger partial charge in [-0.05, 0) is 12.8 Å². The van der Waals surface area contributed by atoms with Gasteiger partial charge in [-0.2, -0.15) is 0 Å². The van der Waals surface area contributed by atoms with Gasteiger partial charge in [0, 0.05) is 0 Å². The van der Waals surface area contributed by atoms with E-state index in [0.717, 1.165) is 38.5 Å². The molecule has 1 saturated heterocycles. The van der Waals surface area contributed by atoms with Crippen LogP contribution >= 0.6 is 0 Å². The number of amides is 1. The maximum atomic E-state index is 13.3. The highest BCUT2D eigenvalue weighted by molar-refractivity contribution is 5.80. The average molecular weight is 1150 g/mol. The van der Waals surface area contributed by atoms with Crippen LogP contribution in [-0.2, 0) is 14.3 Å². The lowest BCUT2D eigenvalue weighted by atomic mass is 9.98. The lowest BCUT2D eigenvalue weighted by Crippen LogP contribution is -2.60. The third kappa shape index (κ3) is 46.9. The molecule has 1 amide bonds. The number of rotatable bonds is 64. The second kappa shape index (κ2) is 59.4. The minimum atomic E-state index is -1.66. The Hall–Kier alpha value is -0.890. The zero-order chi connectivity index (χ0) is 58.9. The van der Waals surface area contributed by atoms with Gasteiger partial charge in [-0.25, -0.2) is 0 Å². The molecule has 1 aliphatic heterocycles. The van der Waals surface area contributed by atoms with Crippen molar-refractivity contribution in [3.05, 3.63) is 0 Å². The van der Waals surface area contributed by atoms with Gasteiger partial charge in [0.2, 0.25) is 5.91 Å². The predicted octanol–water partition coefficient (Wildman–Crippen LogP) is 17.3. The van der Waals surface area contributed by atoms with Crippen LogP contribution in [0.15, 0.2) is 0 Å². The van der Waals surface area contributed by atoms with Crippen LogP contribution in [-0.4, -0.2) is 110 Å². The Morgan fingerprint density at radius 1 is 0.383 bits per heavy atom. The monoisotopic (exact) mass is 1150 g/mol. The summed E-state index contributed by atoms with van der Waals surface area (Å²) in [5.74, 6) is -0.686. The fourth-order valence-electron chi connectivity index (χ4n) is 12.2. The maximum absolute atomic E-state index is 13.3. The minimum Gasteiger partial charge on any atom is -0.394 e. The topological polar surface area (TPSA) is 189 Å². The van der Waals surface area contributed by atoms with E-state index in [1.165, 1.54) is 295 Å². The van der Waals surface area contributed by atoms with E-state index in [9.17, 15) is 40.5 Å². The normalized spacial score (nSPS) is 19.0. The molecule has 81 heavy (non-hydrogen) atoms. The highest BCUT2D eigenvalue weighted by Crippen LogP contribution is 2.24. The summed E-state index contributed by atoms with van der Waals surface area (Å²) in [5.41, 5.74) is 0. The van der Waals surface area contributed by atoms with E-state index in [1.54, 1.807) is 0 Å². The van der Waals surface area contributed by atoms with E-state index in [4.69, 9.17) is 9.47 Å². The molecular formula is C70H139NO10. The van der Waals surface area contributed by atoms with Gasteiger partial charge in [-0.3, -0.25) is 4.79 Å². The number of unbranched alkanes of at least 4 members (excludes halogenated alkanes) is 52. The molecule has 1 aliphatic rings. The second-order valence-corrected chi connectivity index (χ2v) is 25.7. The Kier molecular flexibility index (Phi) is 57.3. The summed E-state index contributed by atoms with van der Waals surface area (Å²) in [7, 11) is 0. The SMILES string of the molecule is CCCCCCCCCCCCCCCCCCCCCCCCCCCCCCCCCC(O)C(=O)NC(COC1OC(CO)C(O)C(O)C1O)C(O)C(O)CCCCCCCCCCCCCCCCCCCCCCCCC. The molecule has 11 nitrogen and oxygen atoms in total. The van der Waals surface area contributed by atoms with Crippen LogP contribution in [0.5, 0.6) is 0 Å². The van der Waals surface area contributed by atoms with E-state index < -0.39 is 74.2 Å². The second-order valence-electron chi connectivity index (χ2n) is 25.7. The van der Waals surface area contributed by atoms with Gasteiger partial charge >= 0.3 is 0 Å². The van der Waals surface area contributed by atoms with Crippen molar-refractivity contribution in [2.75, 3.05) is 13.2 Å². The maximum Gasteiger partial charge on any atom is 0.249 e. The summed E-state index contributed by atoms with van der Waals surface area (Å²) < 4.78 is 11.2. The molecule has 0 radical (unpaired) electrons. The lowest BCUT2D eigenvalue weighted by molar-refractivity contribution is -0.303. The first-order chi connectivity index (χ1) is 39.7. The summed E-state index contributed by atoms with van der Waals surface area (Å²) in [4.78, 5) is 13.3. The van der Waals surface area contributed by atoms with Gasteiger partial charge < -0.3 is 50.5 Å². The van der Waals surface area contributed by atoms with Crippen molar-refractivity contribution in [1.82, 2.24) is 5.32 Å². The third-order valence-electron chi connectivity index (χ3n) is 17.9. The van der Waals surface area contributed by atoms with Gasteiger partial charge in [0.15, 0.2) is 6.29 Å². The molecule has 8 N–H and O–H groups in total. The first-order valence-electron chi connectivity index (χ1n) is 35.9. The summed E-state index contributed by atoms with van der Waals surface area (Å²) in [6.45, 7) is 3.53. The van der Waals surface area contributed by atoms with Crippen molar-refractivity contribution in [3.8, 4) is 0 Å². The number of hydrogen-bond acceptors (Lipinski definition) is 10. The molecule has 0 bridgehead atoms. The van der Waals surface area contributed by atoms with Gasteiger partial charge in [0.25, 0.3) is 0 Å². The molecule has 1 fully saturated rings. The largest absolute Gasteiger partial charge is 0.394 e. The van der Waals surface area contributed by atoms with Crippen LogP contribution in [0, 0.1) is 0 Å². The fourth-order valence-corrected chi connectivity index (χ4v) is 12.2. The zero-order valence-corrected chi connectivity index (χ0v) is 53.6. The number of ether oxygens (including phenoxy) is 2. The quantitative estimate of drug-likeness (QED) is 0.0272. The number of carbonyl (C=O) groups is 1. The highest BCUT2D eigenvalue weighted by Gasteiger charge is 2.44. The predicted molar refractivity (Wildman–Crippen MR) is 340 cm³/mol. The number of aliphatic hydroxyl groups excluding tert-OH is 7. The van der Waals surface area contributed by atoms with Crippen molar-refractivity contribution in [2.24, 2.45) is 0 Å². The Balaban J connectivity index is 2.16. The third-order valence-corrected chi connectivity index (χ3v) is 17.9. The molecule has 11 heteroatoms. The van der Waals surface area contributed by atoms with E-state index in [2.05, 4.69) is 19.2 Å². The van der Waals surface area contributed by atoms with Crippen molar-refractivity contribution in [1.29, 1.82) is 0 Å². The Morgan fingerprint density at radius 2 is 0.642 bits per heavy atom. The molecule has 1 heterocycles. The molecule has 0 aromatic carbocycles. The van der Waals surface area contributed by atoms with E-state index in [-0.39, 0.29) is 6.42 Å². The Morgan fingerprint density at radius 3 is 0.914 bits per heavy atom. The van der Waals surface area contributed by atoms with Crippen LogP contribution in [0.1, 0.15) is 373 Å². The molecule has 0 saturated carbocycles. The van der Waals surface area contributed by atoms with Gasteiger partial charge in [-0.1, -0.05) is 361 Å². The molecule has 1 rings (SSSR count). The lowest BCUT2D eigenvalue weighted by Gasteiger charge is -2.40. The minimum absolute atomic E-state index is 0.268. The Labute approximate surface area is 500 Å². The molecule has 0 aromatic rings. The first kappa shape index (κ1) is 78.1. The summed E-state index contributed by atoms with van der Waals surface area (Å²) >= 11 is 0. The van der Waals surface area contributed by atoms with Crippen molar-refractivity contribution >= 4 is 5.91 Å². The molecule has 0 aliphatic carbocycles. The highest BCUT2D eigenvalue weighted by atomic mass is 16.7. The standard InChI is InChI=1S/C70H139NO10/c1-3-5-7-9-11-13-15-17-19-21-23-25-27-28-29-30-31-32-33-34-36-38-40-42-44-46-48-50-52-54-56-58-63(74)69(79)71-61(60-80-70-68(78)67(77)66(76)64(59-72)81-70)65(75)62(73)57-55-53-51-49-47-45-43-41-39-37-35-26-24-22-20-18-16-14-12-10-8-6-4-2/h61-68,70,72-78H,3-60H2,1-2H3,(H,71,79). The fraction of sp³-hybridized carbons (Fsp3) is 0.986. The van der Waals surface area contributed by atoms with Crippen molar-refractivity contribution in [2.45, 2.75) is 428 Å². The number of hydrogen-bond donors (Lipinski definition) is 8. The van der Waals surface area contributed by atoms with Crippen molar-refractivity contribution < 1.29 is 50.0 Å². The molecular weight excluding hydrogens is 1010 g/mol. The number of carbonyl (C=O) groups excluding carboxylic acids is 1. The smallest absolute Gasteiger partial charge is 0.249 e. The average Bonchev–Trinajstić information content (AvgIpc) is 3.51. The van der Waals surface area contributed by atoms with Gasteiger partial charge in [0.1, 0.15) is 36.6 Å². The van der Waals surface area contributed by atoms with Crippen LogP contribution in [0.25, 0.3) is 0 Å². The summed E-state index contributed by atoms with van der Waals surface area (Å²) in [6, 6.07) is -1.16. The molecule has 9 atom stereocenters. The van der Waals surface area contributed by atoms with Gasteiger partial charge in [-0.15, -0.1) is 0 Å². The summed E-state index contributed by atoms with van der Waals surface area (Å²) in [5, 5.41) is 76.6. The van der Waals surface area contributed by atoms with Crippen LogP contribution < -0.4 is 5.32 Å².